The van der Waals surface area contributed by atoms with Crippen molar-refractivity contribution < 1.29 is 9.90 Å². The normalized spacial score (nSPS) is 17.1. The zero-order valence-corrected chi connectivity index (χ0v) is 13.5. The molecule has 22 heavy (non-hydrogen) atoms. The highest BCUT2D eigenvalue weighted by atomic mass is 16.3. The second-order valence-corrected chi connectivity index (χ2v) is 6.04. The molecule has 1 aliphatic heterocycles. The smallest absolute Gasteiger partial charge is 0.315 e. The lowest BCUT2D eigenvalue weighted by molar-refractivity contribution is 0.228. The number of rotatable bonds is 6. The van der Waals surface area contributed by atoms with E-state index in [9.17, 15) is 4.79 Å². The maximum atomic E-state index is 11.9. The SMILES string of the molecule is CC(NC(=O)N[C@H](C)CCO)c1cccc(N2CCCC2)c1. The summed E-state index contributed by atoms with van der Waals surface area (Å²) in [6.07, 6.45) is 3.07. The highest BCUT2D eigenvalue weighted by Gasteiger charge is 2.15. The van der Waals surface area contributed by atoms with Gasteiger partial charge in [0.05, 0.1) is 6.04 Å². The molecule has 2 atom stereocenters. The Morgan fingerprint density at radius 1 is 1.27 bits per heavy atom. The van der Waals surface area contributed by atoms with Crippen molar-refractivity contribution in [3.63, 3.8) is 0 Å². The van der Waals surface area contributed by atoms with Crippen molar-refractivity contribution in [3.8, 4) is 0 Å². The van der Waals surface area contributed by atoms with Crippen LogP contribution in [0.2, 0.25) is 0 Å². The minimum Gasteiger partial charge on any atom is -0.396 e. The Morgan fingerprint density at radius 3 is 2.68 bits per heavy atom. The van der Waals surface area contributed by atoms with Crippen molar-refractivity contribution in [2.45, 2.75) is 45.2 Å². The van der Waals surface area contributed by atoms with Crippen molar-refractivity contribution in [3.05, 3.63) is 29.8 Å². The number of hydrogen-bond acceptors (Lipinski definition) is 3. The fraction of sp³-hybridized carbons (Fsp3) is 0.588. The van der Waals surface area contributed by atoms with Gasteiger partial charge >= 0.3 is 6.03 Å². The summed E-state index contributed by atoms with van der Waals surface area (Å²) < 4.78 is 0. The Balaban J connectivity index is 1.92. The molecule has 1 fully saturated rings. The number of nitrogens with one attached hydrogen (secondary N) is 2. The molecule has 2 rings (SSSR count). The molecule has 122 valence electrons. The van der Waals surface area contributed by atoms with Gasteiger partial charge in [0.1, 0.15) is 0 Å². The summed E-state index contributed by atoms with van der Waals surface area (Å²) in [5.41, 5.74) is 2.34. The summed E-state index contributed by atoms with van der Waals surface area (Å²) in [4.78, 5) is 14.3. The van der Waals surface area contributed by atoms with Crippen LogP contribution >= 0.6 is 0 Å². The lowest BCUT2D eigenvalue weighted by atomic mass is 10.1. The summed E-state index contributed by atoms with van der Waals surface area (Å²) >= 11 is 0. The third-order valence-corrected chi connectivity index (χ3v) is 4.13. The molecule has 0 saturated carbocycles. The first kappa shape index (κ1) is 16.6. The quantitative estimate of drug-likeness (QED) is 0.756. The van der Waals surface area contributed by atoms with Gasteiger partial charge in [-0.15, -0.1) is 0 Å². The van der Waals surface area contributed by atoms with Gasteiger partial charge in [-0.05, 0) is 50.8 Å². The van der Waals surface area contributed by atoms with Crippen LogP contribution in [0.3, 0.4) is 0 Å². The van der Waals surface area contributed by atoms with Gasteiger partial charge in [0.15, 0.2) is 0 Å². The van der Waals surface area contributed by atoms with Crippen LogP contribution in [0.15, 0.2) is 24.3 Å². The molecule has 2 amide bonds. The number of anilines is 1. The monoisotopic (exact) mass is 305 g/mol. The predicted octanol–water partition coefficient (Wildman–Crippen LogP) is 2.42. The molecule has 0 spiro atoms. The second-order valence-electron chi connectivity index (χ2n) is 6.04. The largest absolute Gasteiger partial charge is 0.396 e. The molecule has 0 radical (unpaired) electrons. The molecule has 1 unspecified atom stereocenters. The molecule has 1 saturated heterocycles. The van der Waals surface area contributed by atoms with Gasteiger partial charge in [-0.25, -0.2) is 4.79 Å². The van der Waals surface area contributed by atoms with E-state index >= 15 is 0 Å². The fourth-order valence-electron chi connectivity index (χ4n) is 2.78. The van der Waals surface area contributed by atoms with Gasteiger partial charge in [0.25, 0.3) is 0 Å². The van der Waals surface area contributed by atoms with Gasteiger partial charge in [0, 0.05) is 31.4 Å². The van der Waals surface area contributed by atoms with E-state index in [4.69, 9.17) is 5.11 Å². The van der Waals surface area contributed by atoms with Crippen molar-refractivity contribution in [1.29, 1.82) is 0 Å². The van der Waals surface area contributed by atoms with E-state index in [-0.39, 0.29) is 24.7 Å². The number of aliphatic hydroxyl groups is 1. The fourth-order valence-corrected chi connectivity index (χ4v) is 2.78. The molecule has 5 nitrogen and oxygen atoms in total. The third-order valence-electron chi connectivity index (χ3n) is 4.13. The van der Waals surface area contributed by atoms with Crippen LogP contribution in [0, 0.1) is 0 Å². The number of carbonyl (C=O) groups is 1. The van der Waals surface area contributed by atoms with E-state index in [0.717, 1.165) is 18.7 Å². The number of benzene rings is 1. The van der Waals surface area contributed by atoms with Gasteiger partial charge in [0.2, 0.25) is 0 Å². The highest BCUT2D eigenvalue weighted by molar-refractivity contribution is 5.74. The van der Waals surface area contributed by atoms with Crippen LogP contribution in [-0.2, 0) is 0 Å². The van der Waals surface area contributed by atoms with Crippen LogP contribution < -0.4 is 15.5 Å². The van der Waals surface area contributed by atoms with Gasteiger partial charge in [-0.1, -0.05) is 12.1 Å². The Kier molecular flexibility index (Phi) is 6.07. The molecule has 1 heterocycles. The average Bonchev–Trinajstić information content (AvgIpc) is 3.01. The standard InChI is InChI=1S/C17H27N3O2/c1-13(8-11-21)18-17(22)19-14(2)15-6-5-7-16(12-15)20-9-3-4-10-20/h5-7,12-14,21H,3-4,8-11H2,1-2H3,(H2,18,19,22)/t13-,14?/m1/s1. The van der Waals surface area contributed by atoms with Crippen LogP contribution in [0.25, 0.3) is 0 Å². The summed E-state index contributed by atoms with van der Waals surface area (Å²) in [6, 6.07) is 8.10. The number of hydrogen-bond donors (Lipinski definition) is 3. The van der Waals surface area contributed by atoms with Crippen LogP contribution in [-0.4, -0.2) is 36.9 Å². The van der Waals surface area contributed by atoms with E-state index < -0.39 is 0 Å². The van der Waals surface area contributed by atoms with Crippen molar-refractivity contribution in [2.24, 2.45) is 0 Å². The summed E-state index contributed by atoms with van der Waals surface area (Å²) in [5.74, 6) is 0. The number of nitrogens with zero attached hydrogens (tertiary/aromatic N) is 1. The number of aliphatic hydroxyl groups excluding tert-OH is 1. The minimum absolute atomic E-state index is 0.0341. The van der Waals surface area contributed by atoms with Gasteiger partial charge in [-0.3, -0.25) is 0 Å². The van der Waals surface area contributed by atoms with E-state index in [1.807, 2.05) is 26.0 Å². The molecule has 5 heteroatoms. The molecule has 0 aromatic heterocycles. The van der Waals surface area contributed by atoms with E-state index in [1.54, 1.807) is 0 Å². The summed E-state index contributed by atoms with van der Waals surface area (Å²) in [7, 11) is 0. The first-order valence-electron chi connectivity index (χ1n) is 8.13. The third kappa shape index (κ3) is 4.63. The molecule has 3 N–H and O–H groups in total. The molecule has 0 bridgehead atoms. The van der Waals surface area contributed by atoms with Gasteiger partial charge in [-0.2, -0.15) is 0 Å². The number of urea groups is 1. The Bertz CT molecular complexity index is 487. The Labute approximate surface area is 132 Å². The minimum atomic E-state index is -0.194. The summed E-state index contributed by atoms with van der Waals surface area (Å²) in [5, 5.41) is 14.7. The molecule has 0 aliphatic carbocycles. The van der Waals surface area contributed by atoms with Crippen LogP contribution in [0.5, 0.6) is 0 Å². The highest BCUT2D eigenvalue weighted by Crippen LogP contribution is 2.23. The van der Waals surface area contributed by atoms with E-state index in [0.29, 0.717) is 6.42 Å². The first-order valence-corrected chi connectivity index (χ1v) is 8.13. The lowest BCUT2D eigenvalue weighted by Gasteiger charge is -2.21. The van der Waals surface area contributed by atoms with Gasteiger partial charge < -0.3 is 20.6 Å². The maximum Gasteiger partial charge on any atom is 0.315 e. The molecule has 1 aromatic rings. The van der Waals surface area contributed by atoms with Crippen molar-refractivity contribution >= 4 is 11.7 Å². The van der Waals surface area contributed by atoms with E-state index in [1.165, 1.54) is 18.5 Å². The summed E-state index contributed by atoms with van der Waals surface area (Å²) in [6.45, 7) is 6.18. The first-order chi connectivity index (χ1) is 10.6. The molecule has 1 aromatic carbocycles. The Hall–Kier alpha value is -1.75. The lowest BCUT2D eigenvalue weighted by Crippen LogP contribution is -2.42. The predicted molar refractivity (Wildman–Crippen MR) is 89.1 cm³/mol. The number of carbonyl (C=O) groups excluding carboxylic acids is 1. The average molecular weight is 305 g/mol. The Morgan fingerprint density at radius 2 is 2.00 bits per heavy atom. The number of amides is 2. The van der Waals surface area contributed by atoms with Crippen LogP contribution in [0.4, 0.5) is 10.5 Å². The zero-order chi connectivity index (χ0) is 15.9. The maximum absolute atomic E-state index is 11.9. The van der Waals surface area contributed by atoms with Crippen LogP contribution in [0.1, 0.15) is 44.7 Å². The van der Waals surface area contributed by atoms with E-state index in [2.05, 4.69) is 27.7 Å². The topological polar surface area (TPSA) is 64.6 Å². The zero-order valence-electron chi connectivity index (χ0n) is 13.5. The molecular formula is C17H27N3O2. The molecule has 1 aliphatic rings. The second kappa shape index (κ2) is 8.03. The van der Waals surface area contributed by atoms with Crippen molar-refractivity contribution in [2.75, 3.05) is 24.6 Å². The molecular weight excluding hydrogens is 278 g/mol. The van der Waals surface area contributed by atoms with Crippen molar-refractivity contribution in [1.82, 2.24) is 10.6 Å².